The zero-order valence-corrected chi connectivity index (χ0v) is 9.05. The summed E-state index contributed by atoms with van der Waals surface area (Å²) < 4.78 is 5.46. The van der Waals surface area contributed by atoms with Crippen molar-refractivity contribution in [3.63, 3.8) is 0 Å². The van der Waals surface area contributed by atoms with Crippen molar-refractivity contribution in [3.05, 3.63) is 28.2 Å². The third-order valence-electron chi connectivity index (χ3n) is 1.72. The van der Waals surface area contributed by atoms with Crippen LogP contribution in [0.5, 0.6) is 5.75 Å². The zero-order valence-electron chi connectivity index (χ0n) is 7.54. The first kappa shape index (κ1) is 11.6. The van der Waals surface area contributed by atoms with Crippen LogP contribution in [0.15, 0.2) is 18.2 Å². The van der Waals surface area contributed by atoms with Crippen LogP contribution in [0.3, 0.4) is 0 Å². The minimum atomic E-state index is -0.188. The van der Waals surface area contributed by atoms with E-state index in [1.807, 2.05) is 0 Å². The average Bonchev–Trinajstić information content (AvgIpc) is 2.19. The van der Waals surface area contributed by atoms with Crippen molar-refractivity contribution in [2.45, 2.75) is 6.10 Å². The van der Waals surface area contributed by atoms with Crippen molar-refractivity contribution in [2.75, 3.05) is 13.1 Å². The van der Waals surface area contributed by atoms with Gasteiger partial charge in [-0.25, -0.2) is 0 Å². The van der Waals surface area contributed by atoms with Crippen LogP contribution < -0.4 is 16.2 Å². The van der Waals surface area contributed by atoms with Gasteiger partial charge >= 0.3 is 0 Å². The molecular formula is C9H12Cl2N2O. The molecule has 1 aromatic rings. The van der Waals surface area contributed by atoms with Gasteiger partial charge in [0.15, 0.2) is 0 Å². The molecule has 0 heterocycles. The molecule has 14 heavy (non-hydrogen) atoms. The fourth-order valence-electron chi connectivity index (χ4n) is 0.935. The molecular weight excluding hydrogens is 223 g/mol. The predicted molar refractivity (Wildman–Crippen MR) is 59.0 cm³/mol. The maximum Gasteiger partial charge on any atom is 0.123 e. The Hall–Kier alpha value is -0.480. The van der Waals surface area contributed by atoms with Gasteiger partial charge in [0.05, 0.1) is 10.0 Å². The van der Waals surface area contributed by atoms with E-state index in [1.165, 1.54) is 0 Å². The Morgan fingerprint density at radius 2 is 1.79 bits per heavy atom. The number of nitrogens with two attached hydrogens (primary N) is 2. The molecule has 0 atom stereocenters. The van der Waals surface area contributed by atoms with Gasteiger partial charge in [-0.2, -0.15) is 0 Å². The molecule has 0 aliphatic heterocycles. The molecule has 0 aromatic heterocycles. The molecule has 3 nitrogen and oxygen atoms in total. The summed E-state index contributed by atoms with van der Waals surface area (Å²) in [5, 5.41) is 0.952. The van der Waals surface area contributed by atoms with Gasteiger partial charge < -0.3 is 16.2 Å². The minimum absolute atomic E-state index is 0.188. The fourth-order valence-corrected chi connectivity index (χ4v) is 1.22. The predicted octanol–water partition coefficient (Wildman–Crippen LogP) is 1.66. The van der Waals surface area contributed by atoms with Gasteiger partial charge in [-0.1, -0.05) is 23.2 Å². The highest BCUT2D eigenvalue weighted by Gasteiger charge is 2.06. The second-order valence-electron chi connectivity index (χ2n) is 2.79. The molecule has 1 rings (SSSR count). The summed E-state index contributed by atoms with van der Waals surface area (Å²) in [6.07, 6.45) is -0.188. The Morgan fingerprint density at radius 3 is 2.29 bits per heavy atom. The van der Waals surface area contributed by atoms with Crippen LogP contribution in [0.1, 0.15) is 0 Å². The van der Waals surface area contributed by atoms with Crippen LogP contribution >= 0.6 is 23.2 Å². The van der Waals surface area contributed by atoms with Crippen LogP contribution in [0.2, 0.25) is 10.0 Å². The molecule has 78 valence electrons. The van der Waals surface area contributed by atoms with Crippen molar-refractivity contribution in [3.8, 4) is 5.75 Å². The van der Waals surface area contributed by atoms with Gasteiger partial charge in [-0.15, -0.1) is 0 Å². The van der Waals surface area contributed by atoms with Crippen LogP contribution in [0, 0.1) is 0 Å². The quantitative estimate of drug-likeness (QED) is 0.834. The van der Waals surface area contributed by atoms with Gasteiger partial charge in [-0.3, -0.25) is 0 Å². The maximum absolute atomic E-state index is 5.81. The Kier molecular flexibility index (Phi) is 4.48. The average molecular weight is 235 g/mol. The number of hydrogen-bond donors (Lipinski definition) is 2. The number of ether oxygens (including phenoxy) is 1. The van der Waals surface area contributed by atoms with E-state index in [2.05, 4.69) is 0 Å². The summed E-state index contributed by atoms with van der Waals surface area (Å²) in [7, 11) is 0. The standard InChI is InChI=1S/C9H12Cl2N2O/c10-8-2-1-6(3-9(8)11)14-7(4-12)5-13/h1-3,7H,4-5,12-13H2. The van der Waals surface area contributed by atoms with Crippen molar-refractivity contribution in [1.29, 1.82) is 0 Å². The molecule has 0 saturated heterocycles. The van der Waals surface area contributed by atoms with E-state index in [4.69, 9.17) is 39.4 Å². The number of hydrogen-bond acceptors (Lipinski definition) is 3. The third kappa shape index (κ3) is 3.03. The summed E-state index contributed by atoms with van der Waals surface area (Å²) >= 11 is 11.6. The highest BCUT2D eigenvalue weighted by Crippen LogP contribution is 2.26. The number of benzene rings is 1. The molecule has 4 N–H and O–H groups in total. The molecule has 0 aliphatic rings. The number of halogens is 2. The Balaban J connectivity index is 2.72. The summed E-state index contributed by atoms with van der Waals surface area (Å²) in [5.74, 6) is 0.625. The second-order valence-corrected chi connectivity index (χ2v) is 3.60. The molecule has 0 spiro atoms. The van der Waals surface area contributed by atoms with Crippen LogP contribution in [0.25, 0.3) is 0 Å². The lowest BCUT2D eigenvalue weighted by Gasteiger charge is -2.15. The van der Waals surface area contributed by atoms with Crippen molar-refractivity contribution < 1.29 is 4.74 Å². The summed E-state index contributed by atoms with van der Waals surface area (Å²) in [5.41, 5.74) is 10.9. The van der Waals surface area contributed by atoms with Gasteiger partial charge in [0.2, 0.25) is 0 Å². The van der Waals surface area contributed by atoms with E-state index in [0.29, 0.717) is 28.9 Å². The third-order valence-corrected chi connectivity index (χ3v) is 2.46. The van der Waals surface area contributed by atoms with Gasteiger partial charge in [0, 0.05) is 19.2 Å². The van der Waals surface area contributed by atoms with Crippen molar-refractivity contribution in [1.82, 2.24) is 0 Å². The monoisotopic (exact) mass is 234 g/mol. The molecule has 1 aromatic carbocycles. The lowest BCUT2D eigenvalue weighted by Crippen LogP contribution is -2.34. The molecule has 0 aliphatic carbocycles. The molecule has 0 amide bonds. The van der Waals surface area contributed by atoms with Crippen molar-refractivity contribution in [2.24, 2.45) is 11.5 Å². The summed E-state index contributed by atoms with van der Waals surface area (Å²) in [4.78, 5) is 0. The van der Waals surface area contributed by atoms with E-state index >= 15 is 0 Å². The van der Waals surface area contributed by atoms with Gasteiger partial charge in [0.1, 0.15) is 11.9 Å². The molecule has 0 fully saturated rings. The van der Waals surface area contributed by atoms with Gasteiger partial charge in [0.25, 0.3) is 0 Å². The molecule has 0 radical (unpaired) electrons. The van der Waals surface area contributed by atoms with E-state index in [1.54, 1.807) is 18.2 Å². The lowest BCUT2D eigenvalue weighted by atomic mass is 10.3. The van der Waals surface area contributed by atoms with E-state index in [9.17, 15) is 0 Å². The topological polar surface area (TPSA) is 61.3 Å². The number of rotatable bonds is 4. The van der Waals surface area contributed by atoms with Crippen LogP contribution in [-0.2, 0) is 0 Å². The van der Waals surface area contributed by atoms with E-state index < -0.39 is 0 Å². The fraction of sp³-hybridized carbons (Fsp3) is 0.333. The smallest absolute Gasteiger partial charge is 0.123 e. The van der Waals surface area contributed by atoms with E-state index in [-0.39, 0.29) is 6.10 Å². The van der Waals surface area contributed by atoms with Crippen LogP contribution in [0.4, 0.5) is 0 Å². The lowest BCUT2D eigenvalue weighted by molar-refractivity contribution is 0.217. The summed E-state index contributed by atoms with van der Waals surface area (Å²) in [6.45, 7) is 0.744. The highest BCUT2D eigenvalue weighted by atomic mass is 35.5. The first-order chi connectivity index (χ1) is 6.67. The molecule has 0 bridgehead atoms. The zero-order chi connectivity index (χ0) is 10.6. The first-order valence-corrected chi connectivity index (χ1v) is 4.94. The Bertz CT molecular complexity index is 303. The van der Waals surface area contributed by atoms with E-state index in [0.717, 1.165) is 0 Å². The highest BCUT2D eigenvalue weighted by molar-refractivity contribution is 6.42. The molecule has 0 unspecified atom stereocenters. The SMILES string of the molecule is NCC(CN)Oc1ccc(Cl)c(Cl)c1. The normalized spacial score (nSPS) is 10.6. The minimum Gasteiger partial charge on any atom is -0.488 e. The van der Waals surface area contributed by atoms with Crippen LogP contribution in [-0.4, -0.2) is 19.2 Å². The largest absolute Gasteiger partial charge is 0.488 e. The molecule has 0 saturated carbocycles. The second kappa shape index (κ2) is 5.41. The maximum atomic E-state index is 5.81. The summed E-state index contributed by atoms with van der Waals surface area (Å²) in [6, 6.07) is 5.04. The molecule has 5 heteroatoms. The Labute approximate surface area is 92.9 Å². The van der Waals surface area contributed by atoms with Crippen molar-refractivity contribution >= 4 is 23.2 Å². The van der Waals surface area contributed by atoms with Gasteiger partial charge in [-0.05, 0) is 12.1 Å². The first-order valence-electron chi connectivity index (χ1n) is 4.19. The Morgan fingerprint density at radius 1 is 1.14 bits per heavy atom.